The molecule has 100 valence electrons. The van der Waals surface area contributed by atoms with Crippen LogP contribution in [0.2, 0.25) is 0 Å². The Morgan fingerprint density at radius 3 is 2.56 bits per heavy atom. The summed E-state index contributed by atoms with van der Waals surface area (Å²) in [5.41, 5.74) is -0.630. The van der Waals surface area contributed by atoms with Gasteiger partial charge in [-0.25, -0.2) is 4.79 Å². The van der Waals surface area contributed by atoms with Gasteiger partial charge >= 0.3 is 5.63 Å². The Kier molecular flexibility index (Phi) is 4.16. The van der Waals surface area contributed by atoms with E-state index in [1.165, 1.54) is 6.07 Å². The van der Waals surface area contributed by atoms with Crippen LogP contribution in [0.5, 0.6) is 5.75 Å². The molecule has 0 bridgehead atoms. The van der Waals surface area contributed by atoms with E-state index in [4.69, 9.17) is 9.25 Å². The standard InChI is InChI=1S/C13H19NO4/c1-6-17-14-11(13(3,4)5)10-9(15)7-8(2)18-12(10)16/h7,15H,6H2,1-5H3. The molecular weight excluding hydrogens is 234 g/mol. The quantitative estimate of drug-likeness (QED) is 0.663. The lowest BCUT2D eigenvalue weighted by atomic mass is 9.86. The summed E-state index contributed by atoms with van der Waals surface area (Å²) < 4.78 is 4.99. The number of rotatable bonds is 3. The second kappa shape index (κ2) is 5.25. The topological polar surface area (TPSA) is 72.0 Å². The lowest BCUT2D eigenvalue weighted by Crippen LogP contribution is -2.27. The Labute approximate surface area is 106 Å². The van der Waals surface area contributed by atoms with Crippen molar-refractivity contribution in [3.05, 3.63) is 27.8 Å². The van der Waals surface area contributed by atoms with Gasteiger partial charge in [-0.3, -0.25) is 0 Å². The third-order valence-corrected chi connectivity index (χ3v) is 2.29. The molecule has 0 saturated heterocycles. The average molecular weight is 253 g/mol. The molecule has 0 saturated carbocycles. The summed E-state index contributed by atoms with van der Waals surface area (Å²) in [6, 6.07) is 1.39. The van der Waals surface area contributed by atoms with Crippen LogP contribution in [-0.4, -0.2) is 17.4 Å². The van der Waals surface area contributed by atoms with Crippen molar-refractivity contribution >= 4 is 5.71 Å². The van der Waals surface area contributed by atoms with E-state index in [1.807, 2.05) is 20.8 Å². The first-order valence-corrected chi connectivity index (χ1v) is 5.82. The minimum atomic E-state index is -0.610. The van der Waals surface area contributed by atoms with Crippen LogP contribution in [0.3, 0.4) is 0 Å². The van der Waals surface area contributed by atoms with Crippen LogP contribution >= 0.6 is 0 Å². The van der Waals surface area contributed by atoms with Gasteiger partial charge in [0.2, 0.25) is 0 Å². The van der Waals surface area contributed by atoms with E-state index in [2.05, 4.69) is 5.16 Å². The van der Waals surface area contributed by atoms with E-state index in [0.717, 1.165) is 0 Å². The van der Waals surface area contributed by atoms with Gasteiger partial charge in [0, 0.05) is 11.5 Å². The molecule has 0 aliphatic carbocycles. The first-order valence-electron chi connectivity index (χ1n) is 5.82. The Morgan fingerprint density at radius 1 is 1.50 bits per heavy atom. The summed E-state index contributed by atoms with van der Waals surface area (Å²) in [6.45, 7) is 9.41. The molecule has 1 aromatic rings. The van der Waals surface area contributed by atoms with Crippen molar-refractivity contribution < 1.29 is 14.4 Å². The van der Waals surface area contributed by atoms with Gasteiger partial charge in [0.25, 0.3) is 0 Å². The van der Waals surface area contributed by atoms with Crippen LogP contribution in [0.1, 0.15) is 39.0 Å². The molecule has 0 unspecified atom stereocenters. The second-order valence-corrected chi connectivity index (χ2v) is 5.01. The van der Waals surface area contributed by atoms with Crippen LogP contribution in [0, 0.1) is 12.3 Å². The van der Waals surface area contributed by atoms with Crippen molar-refractivity contribution in [2.75, 3.05) is 6.61 Å². The Balaban J connectivity index is 3.45. The lowest BCUT2D eigenvalue weighted by molar-refractivity contribution is 0.155. The number of nitrogens with zero attached hydrogens (tertiary/aromatic N) is 1. The van der Waals surface area contributed by atoms with Crippen molar-refractivity contribution in [3.8, 4) is 5.75 Å². The van der Waals surface area contributed by atoms with Gasteiger partial charge < -0.3 is 14.4 Å². The molecule has 5 nitrogen and oxygen atoms in total. The Morgan fingerprint density at radius 2 is 2.11 bits per heavy atom. The Bertz CT molecular complexity index is 509. The number of hydrogen-bond donors (Lipinski definition) is 1. The summed E-state index contributed by atoms with van der Waals surface area (Å²) in [4.78, 5) is 16.9. The van der Waals surface area contributed by atoms with Gasteiger partial charge in [-0.1, -0.05) is 25.9 Å². The van der Waals surface area contributed by atoms with Crippen molar-refractivity contribution in [3.63, 3.8) is 0 Å². The number of aromatic hydroxyl groups is 1. The molecule has 1 rings (SSSR count). The fourth-order valence-corrected chi connectivity index (χ4v) is 1.50. The molecule has 1 aromatic heterocycles. The molecule has 0 atom stereocenters. The largest absolute Gasteiger partial charge is 0.507 e. The van der Waals surface area contributed by atoms with E-state index in [-0.39, 0.29) is 11.3 Å². The first kappa shape index (κ1) is 14.3. The molecule has 0 aliphatic rings. The molecule has 0 radical (unpaired) electrons. The summed E-state index contributed by atoms with van der Waals surface area (Å²) in [7, 11) is 0. The summed E-state index contributed by atoms with van der Waals surface area (Å²) in [5.74, 6) is 0.211. The van der Waals surface area contributed by atoms with Crippen LogP contribution < -0.4 is 5.63 Å². The van der Waals surface area contributed by atoms with Crippen LogP contribution in [0.15, 0.2) is 20.4 Å². The predicted molar refractivity (Wildman–Crippen MR) is 69.0 cm³/mol. The van der Waals surface area contributed by atoms with E-state index in [0.29, 0.717) is 18.1 Å². The molecule has 1 N–H and O–H groups in total. The molecule has 0 aromatic carbocycles. The number of hydrogen-bond acceptors (Lipinski definition) is 5. The van der Waals surface area contributed by atoms with Gasteiger partial charge in [0.1, 0.15) is 29.4 Å². The minimum Gasteiger partial charge on any atom is -0.507 e. The van der Waals surface area contributed by atoms with Crippen LogP contribution in [0.4, 0.5) is 0 Å². The third-order valence-electron chi connectivity index (χ3n) is 2.29. The Hall–Kier alpha value is -1.78. The van der Waals surface area contributed by atoms with Gasteiger partial charge in [0.05, 0.1) is 0 Å². The molecule has 0 spiro atoms. The van der Waals surface area contributed by atoms with Gasteiger partial charge in [-0.2, -0.15) is 0 Å². The fourth-order valence-electron chi connectivity index (χ4n) is 1.50. The van der Waals surface area contributed by atoms with Gasteiger partial charge in [-0.05, 0) is 13.8 Å². The summed E-state index contributed by atoms with van der Waals surface area (Å²) in [6.07, 6.45) is 0. The molecular formula is C13H19NO4. The highest BCUT2D eigenvalue weighted by molar-refractivity contribution is 6.05. The maximum Gasteiger partial charge on any atom is 0.349 e. The van der Waals surface area contributed by atoms with Crippen LogP contribution in [0.25, 0.3) is 0 Å². The molecule has 1 heterocycles. The van der Waals surface area contributed by atoms with Gasteiger partial charge in [0.15, 0.2) is 0 Å². The van der Waals surface area contributed by atoms with Gasteiger partial charge in [-0.15, -0.1) is 0 Å². The predicted octanol–water partition coefficient (Wildman–Crippen LogP) is 2.44. The number of oxime groups is 1. The number of aryl methyl sites for hydroxylation is 1. The van der Waals surface area contributed by atoms with Crippen molar-refractivity contribution in [1.82, 2.24) is 0 Å². The maximum absolute atomic E-state index is 11.8. The highest BCUT2D eigenvalue weighted by Gasteiger charge is 2.28. The molecule has 0 aliphatic heterocycles. The highest BCUT2D eigenvalue weighted by atomic mass is 16.6. The highest BCUT2D eigenvalue weighted by Crippen LogP contribution is 2.26. The van der Waals surface area contributed by atoms with Crippen molar-refractivity contribution in [1.29, 1.82) is 0 Å². The zero-order chi connectivity index (χ0) is 13.9. The average Bonchev–Trinajstić information content (AvgIpc) is 2.19. The second-order valence-electron chi connectivity index (χ2n) is 5.01. The monoisotopic (exact) mass is 253 g/mol. The molecule has 5 heteroatoms. The van der Waals surface area contributed by atoms with Crippen molar-refractivity contribution in [2.24, 2.45) is 10.6 Å². The lowest BCUT2D eigenvalue weighted by Gasteiger charge is -2.20. The van der Waals surface area contributed by atoms with Crippen molar-refractivity contribution in [2.45, 2.75) is 34.6 Å². The first-order chi connectivity index (χ1) is 8.27. The molecule has 0 amide bonds. The smallest absolute Gasteiger partial charge is 0.349 e. The zero-order valence-corrected chi connectivity index (χ0v) is 11.4. The molecule has 0 fully saturated rings. The van der Waals surface area contributed by atoms with E-state index < -0.39 is 11.0 Å². The van der Waals surface area contributed by atoms with Crippen LogP contribution in [-0.2, 0) is 4.84 Å². The fraction of sp³-hybridized carbons (Fsp3) is 0.538. The summed E-state index contributed by atoms with van der Waals surface area (Å²) >= 11 is 0. The molecule has 18 heavy (non-hydrogen) atoms. The normalized spacial score (nSPS) is 12.6. The maximum atomic E-state index is 11.8. The van der Waals surface area contributed by atoms with E-state index in [1.54, 1.807) is 13.8 Å². The van der Waals surface area contributed by atoms with E-state index in [9.17, 15) is 9.90 Å². The SMILES string of the molecule is CCON=C(c1c(O)cc(C)oc1=O)C(C)(C)C. The third kappa shape index (κ3) is 3.12. The van der Waals surface area contributed by atoms with E-state index >= 15 is 0 Å². The zero-order valence-electron chi connectivity index (χ0n) is 11.4. The summed E-state index contributed by atoms with van der Waals surface area (Å²) in [5, 5.41) is 13.8. The minimum absolute atomic E-state index is 0.0570.